The van der Waals surface area contributed by atoms with Crippen LogP contribution in [0.15, 0.2) is 34.9 Å². The van der Waals surface area contributed by atoms with Crippen molar-refractivity contribution >= 4 is 14.4 Å². The summed E-state index contributed by atoms with van der Waals surface area (Å²) in [7, 11) is -0.911. The molecule has 0 amide bonds. The topological polar surface area (TPSA) is 0 Å². The molecule has 1 aliphatic rings. The van der Waals surface area contributed by atoms with Crippen LogP contribution in [0.2, 0.25) is 17.1 Å². The Kier molecular flexibility index (Phi) is 5.96. The van der Waals surface area contributed by atoms with Gasteiger partial charge in [-0.1, -0.05) is 80.6 Å². The van der Waals surface area contributed by atoms with Crippen LogP contribution in [0.3, 0.4) is 0 Å². The summed E-state index contributed by atoms with van der Waals surface area (Å²) in [6.07, 6.45) is 2.66. The standard InChI is InChI=1S/C23H36Si/c1-9-11-24(12-10-2)23(8)20(7)18(5)19(6)22(23)21-14-16(3)13-17(4)15-21/h13-15,24H,9-12H2,1-8H3. The van der Waals surface area contributed by atoms with Crippen molar-refractivity contribution in [3.05, 3.63) is 51.6 Å². The van der Waals surface area contributed by atoms with Gasteiger partial charge in [-0.3, -0.25) is 0 Å². The zero-order valence-corrected chi connectivity index (χ0v) is 18.3. The summed E-state index contributed by atoms with van der Waals surface area (Å²) < 4.78 is 0. The second-order valence-electron chi connectivity index (χ2n) is 8.10. The summed E-state index contributed by atoms with van der Waals surface area (Å²) in [5.74, 6) is 0. The van der Waals surface area contributed by atoms with Gasteiger partial charge in [-0.25, -0.2) is 0 Å². The molecule has 1 aromatic rings. The van der Waals surface area contributed by atoms with Crippen molar-refractivity contribution in [3.63, 3.8) is 0 Å². The summed E-state index contributed by atoms with van der Waals surface area (Å²) in [5.41, 5.74) is 10.7. The van der Waals surface area contributed by atoms with E-state index in [1.807, 2.05) is 0 Å². The first-order chi connectivity index (χ1) is 11.3. The Morgan fingerprint density at radius 3 is 1.75 bits per heavy atom. The smallest absolute Gasteiger partial charge is 0.0536 e. The average Bonchev–Trinajstić information content (AvgIpc) is 2.68. The highest BCUT2D eigenvalue weighted by molar-refractivity contribution is 6.66. The molecule has 0 fully saturated rings. The van der Waals surface area contributed by atoms with Crippen LogP contribution in [0.5, 0.6) is 0 Å². The van der Waals surface area contributed by atoms with Crippen molar-refractivity contribution in [1.82, 2.24) is 0 Å². The number of hydrogen-bond donors (Lipinski definition) is 0. The number of hydrogen-bond acceptors (Lipinski definition) is 0. The van der Waals surface area contributed by atoms with Crippen molar-refractivity contribution in [2.75, 3.05) is 0 Å². The average molecular weight is 341 g/mol. The van der Waals surface area contributed by atoms with E-state index in [0.29, 0.717) is 5.04 Å². The second kappa shape index (κ2) is 7.43. The number of aryl methyl sites for hydroxylation is 2. The zero-order chi connectivity index (χ0) is 18.1. The fourth-order valence-corrected chi connectivity index (χ4v) is 9.46. The SMILES string of the molecule is CCC[SiH](CCC)C1(C)C(C)=C(C)C(C)=C1c1cc(C)cc(C)c1. The highest BCUT2D eigenvalue weighted by atomic mass is 28.3. The lowest BCUT2D eigenvalue weighted by Gasteiger charge is -2.39. The molecule has 0 heterocycles. The molecule has 1 atom stereocenters. The normalized spacial score (nSPS) is 21.4. The fraction of sp³-hybridized carbons (Fsp3) is 0.565. The molecule has 0 spiro atoms. The van der Waals surface area contributed by atoms with Crippen LogP contribution in [-0.4, -0.2) is 8.80 Å². The maximum Gasteiger partial charge on any atom is 0.0536 e. The first-order valence-corrected chi connectivity index (χ1v) is 12.0. The van der Waals surface area contributed by atoms with Crippen LogP contribution >= 0.6 is 0 Å². The molecule has 0 bridgehead atoms. The molecule has 1 heteroatoms. The monoisotopic (exact) mass is 340 g/mol. The van der Waals surface area contributed by atoms with Gasteiger partial charge >= 0.3 is 0 Å². The minimum Gasteiger partial charge on any atom is -0.0657 e. The molecule has 1 aromatic carbocycles. The maximum atomic E-state index is 2.58. The Hall–Kier alpha value is -1.08. The Morgan fingerprint density at radius 1 is 0.792 bits per heavy atom. The molecule has 1 aliphatic carbocycles. The molecular formula is C23H36Si. The number of allylic oxidation sites excluding steroid dienone is 4. The lowest BCUT2D eigenvalue weighted by Crippen LogP contribution is -2.31. The molecule has 0 aliphatic heterocycles. The van der Waals surface area contributed by atoms with E-state index in [1.54, 1.807) is 22.3 Å². The van der Waals surface area contributed by atoms with Gasteiger partial charge in [-0.2, -0.15) is 0 Å². The van der Waals surface area contributed by atoms with Crippen LogP contribution in [0.25, 0.3) is 5.57 Å². The summed E-state index contributed by atoms with van der Waals surface area (Å²) >= 11 is 0. The summed E-state index contributed by atoms with van der Waals surface area (Å²) in [6, 6.07) is 10.0. The van der Waals surface area contributed by atoms with E-state index < -0.39 is 8.80 Å². The van der Waals surface area contributed by atoms with E-state index in [4.69, 9.17) is 0 Å². The lowest BCUT2D eigenvalue weighted by molar-refractivity contribution is 0.841. The van der Waals surface area contributed by atoms with Gasteiger partial charge in [0.15, 0.2) is 0 Å². The van der Waals surface area contributed by atoms with E-state index in [9.17, 15) is 0 Å². The third-order valence-electron chi connectivity index (χ3n) is 6.40. The molecule has 1 unspecified atom stereocenters. The Balaban J connectivity index is 2.66. The van der Waals surface area contributed by atoms with Crippen LogP contribution in [-0.2, 0) is 0 Å². The number of rotatable bonds is 6. The molecule has 0 saturated heterocycles. The van der Waals surface area contributed by atoms with Gasteiger partial charge < -0.3 is 0 Å². The van der Waals surface area contributed by atoms with E-state index >= 15 is 0 Å². The molecule has 2 rings (SSSR count). The first kappa shape index (κ1) is 19.2. The molecule has 0 aromatic heterocycles. The molecule has 132 valence electrons. The van der Waals surface area contributed by atoms with Gasteiger partial charge in [0.25, 0.3) is 0 Å². The molecule has 24 heavy (non-hydrogen) atoms. The van der Waals surface area contributed by atoms with Gasteiger partial charge in [0.05, 0.1) is 8.80 Å². The Bertz CT molecular complexity index is 651. The minimum absolute atomic E-state index is 0.320. The Morgan fingerprint density at radius 2 is 1.29 bits per heavy atom. The van der Waals surface area contributed by atoms with Crippen molar-refractivity contribution < 1.29 is 0 Å². The largest absolute Gasteiger partial charge is 0.0657 e. The van der Waals surface area contributed by atoms with Crippen molar-refractivity contribution in [2.45, 2.75) is 85.4 Å². The molecule has 0 nitrogen and oxygen atoms in total. The third-order valence-corrected chi connectivity index (χ3v) is 11.3. The van der Waals surface area contributed by atoms with E-state index in [2.05, 4.69) is 73.6 Å². The summed E-state index contributed by atoms with van der Waals surface area (Å²) in [4.78, 5) is 0. The van der Waals surface area contributed by atoms with Crippen LogP contribution < -0.4 is 0 Å². The van der Waals surface area contributed by atoms with Gasteiger partial charge in [0.2, 0.25) is 0 Å². The first-order valence-electron chi connectivity index (χ1n) is 9.75. The molecular weight excluding hydrogens is 304 g/mol. The van der Waals surface area contributed by atoms with Gasteiger partial charge in [0, 0.05) is 5.04 Å². The molecule has 0 radical (unpaired) electrons. The van der Waals surface area contributed by atoms with Gasteiger partial charge in [-0.05, 0) is 56.9 Å². The van der Waals surface area contributed by atoms with Gasteiger partial charge in [-0.15, -0.1) is 0 Å². The second-order valence-corrected chi connectivity index (χ2v) is 11.8. The zero-order valence-electron chi connectivity index (χ0n) is 17.1. The highest BCUT2D eigenvalue weighted by Gasteiger charge is 2.44. The maximum absolute atomic E-state index is 2.58. The van der Waals surface area contributed by atoms with Crippen LogP contribution in [0, 0.1) is 13.8 Å². The van der Waals surface area contributed by atoms with E-state index in [-0.39, 0.29) is 0 Å². The summed E-state index contributed by atoms with van der Waals surface area (Å²) in [5, 5.41) is 0.320. The predicted octanol–water partition coefficient (Wildman–Crippen LogP) is 7.23. The van der Waals surface area contributed by atoms with Gasteiger partial charge in [0.1, 0.15) is 0 Å². The number of benzene rings is 1. The minimum atomic E-state index is -0.911. The van der Waals surface area contributed by atoms with Crippen molar-refractivity contribution in [3.8, 4) is 0 Å². The quantitative estimate of drug-likeness (QED) is 0.479. The molecule has 0 saturated carbocycles. The highest BCUT2D eigenvalue weighted by Crippen LogP contribution is 2.60. The third kappa shape index (κ3) is 3.20. The van der Waals surface area contributed by atoms with E-state index in [1.165, 1.54) is 41.6 Å². The van der Waals surface area contributed by atoms with E-state index in [0.717, 1.165) is 0 Å². The van der Waals surface area contributed by atoms with Crippen molar-refractivity contribution in [2.24, 2.45) is 0 Å². The Labute approximate surface area is 151 Å². The van der Waals surface area contributed by atoms with Crippen molar-refractivity contribution in [1.29, 1.82) is 0 Å². The predicted molar refractivity (Wildman–Crippen MR) is 113 cm³/mol. The van der Waals surface area contributed by atoms with Crippen LogP contribution in [0.4, 0.5) is 0 Å². The fourth-order valence-electron chi connectivity index (χ4n) is 5.00. The van der Waals surface area contributed by atoms with Crippen LogP contribution in [0.1, 0.15) is 71.1 Å². The lowest BCUT2D eigenvalue weighted by atomic mass is 9.89. The summed E-state index contributed by atoms with van der Waals surface area (Å²) in [6.45, 7) is 18.9. The molecule has 0 N–H and O–H groups in total.